The van der Waals surface area contributed by atoms with Crippen molar-refractivity contribution in [2.75, 3.05) is 13.1 Å². The molecule has 0 atom stereocenters. The van der Waals surface area contributed by atoms with E-state index in [2.05, 4.69) is 55.2 Å². The van der Waals surface area contributed by atoms with Crippen LogP contribution in [-0.4, -0.2) is 49.4 Å². The molecule has 0 spiro atoms. The number of fused-ring (bicyclic) bond motifs is 2. The Kier molecular flexibility index (Phi) is 9.70. The molecule has 3 aromatic heterocycles. The smallest absolute Gasteiger partial charge is 0.416 e. The molecule has 8 rings (SSSR count). The predicted molar refractivity (Wildman–Crippen MR) is 218 cm³/mol. The van der Waals surface area contributed by atoms with Crippen molar-refractivity contribution in [3.8, 4) is 11.3 Å². The minimum Gasteiger partial charge on any atom is -0.444 e. The molecule has 7 nitrogen and oxygen atoms in total. The number of carbonyl (C=O) groups excluding carboxylic acids is 1. The molecule has 1 aliphatic rings. The van der Waals surface area contributed by atoms with E-state index in [1.165, 1.54) is 6.07 Å². The van der Waals surface area contributed by atoms with Crippen LogP contribution in [0.15, 0.2) is 122 Å². The molecule has 7 aromatic rings. The molecular weight excluding hydrogens is 724 g/mol. The quantitative estimate of drug-likeness (QED) is 0.164. The van der Waals surface area contributed by atoms with Gasteiger partial charge in [-0.05, 0) is 91.5 Å². The van der Waals surface area contributed by atoms with Crippen LogP contribution in [0.4, 0.5) is 18.0 Å². The summed E-state index contributed by atoms with van der Waals surface area (Å²) >= 11 is 0. The highest BCUT2D eigenvalue weighted by atomic mass is 19.4. The van der Waals surface area contributed by atoms with Gasteiger partial charge in [0, 0.05) is 41.1 Å². The molecule has 1 saturated heterocycles. The maximum atomic E-state index is 14.9. The van der Waals surface area contributed by atoms with Crippen molar-refractivity contribution >= 4 is 28.0 Å². The summed E-state index contributed by atoms with van der Waals surface area (Å²) < 4.78 is 52.3. The Balaban J connectivity index is 1.29. The van der Waals surface area contributed by atoms with Crippen LogP contribution < -0.4 is 0 Å². The zero-order valence-corrected chi connectivity index (χ0v) is 32.8. The minimum absolute atomic E-state index is 0.0392. The number of halogens is 3. The highest BCUT2D eigenvalue weighted by molar-refractivity contribution is 5.99. The molecule has 0 unspecified atom stereocenters. The zero-order valence-electron chi connectivity index (χ0n) is 32.8. The highest BCUT2D eigenvalue weighted by Crippen LogP contribution is 2.47. The van der Waals surface area contributed by atoms with E-state index >= 15 is 0 Å². The Labute approximate surface area is 330 Å². The molecule has 292 valence electrons. The van der Waals surface area contributed by atoms with Gasteiger partial charge in [0.1, 0.15) is 11.1 Å². The number of carbonyl (C=O) groups is 1. The molecule has 4 heterocycles. The van der Waals surface area contributed by atoms with Crippen molar-refractivity contribution in [3.05, 3.63) is 155 Å². The van der Waals surface area contributed by atoms with E-state index in [-0.39, 0.29) is 17.4 Å². The third-order valence-electron chi connectivity index (χ3n) is 11.1. The lowest BCUT2D eigenvalue weighted by Crippen LogP contribution is -2.41. The number of pyridine rings is 1. The standard InChI is InChI=1S/C47H46F3N5O2/c1-30(2)41-37-27-36(31-22-25-54(26-23-31)44(56)57-45(3,4)5)39(47(48,49)50)28-40(37)53-42(41)35-21-24-51-43-38(35)29-52-55(43)46(32-15-9-6-10-16-32,33-17-11-7-12-18-33)34-19-13-8-14-20-34/h6-21,24,27-31,53H,22-23,25-26H2,1-5H3. The van der Waals surface area contributed by atoms with Crippen molar-refractivity contribution in [1.29, 1.82) is 0 Å². The van der Waals surface area contributed by atoms with E-state index < -0.39 is 29.0 Å². The maximum absolute atomic E-state index is 14.9. The first-order valence-electron chi connectivity index (χ1n) is 19.5. The van der Waals surface area contributed by atoms with Gasteiger partial charge in [0.15, 0.2) is 5.65 Å². The third kappa shape index (κ3) is 6.85. The summed E-state index contributed by atoms with van der Waals surface area (Å²) in [4.78, 5) is 22.8. The maximum Gasteiger partial charge on any atom is 0.416 e. The number of piperidine rings is 1. The molecule has 1 fully saturated rings. The summed E-state index contributed by atoms with van der Waals surface area (Å²) in [5, 5.41) is 6.65. The summed E-state index contributed by atoms with van der Waals surface area (Å²) in [5.41, 5.74) is 4.54. The number of likely N-dealkylation sites (tertiary alicyclic amines) is 1. The molecule has 0 aliphatic carbocycles. The second-order valence-electron chi connectivity index (χ2n) is 16.3. The highest BCUT2D eigenvalue weighted by Gasteiger charge is 2.42. The fourth-order valence-corrected chi connectivity index (χ4v) is 8.67. The SMILES string of the molecule is CC(C)c1c(-c2ccnc3c2cnn3C(c2ccccc2)(c2ccccc2)c2ccccc2)[nH]c2cc(C(F)(F)F)c(C3CCN(C(=O)OC(C)(C)C)CC3)cc12. The number of aromatic nitrogens is 4. The molecule has 57 heavy (non-hydrogen) atoms. The largest absolute Gasteiger partial charge is 0.444 e. The van der Waals surface area contributed by atoms with Gasteiger partial charge in [-0.2, -0.15) is 18.3 Å². The van der Waals surface area contributed by atoms with Crippen molar-refractivity contribution < 1.29 is 22.7 Å². The Morgan fingerprint density at radius 1 is 0.807 bits per heavy atom. The lowest BCUT2D eigenvalue weighted by Gasteiger charge is -2.36. The van der Waals surface area contributed by atoms with Crippen LogP contribution in [-0.2, 0) is 16.5 Å². The Hall–Kier alpha value is -5.90. The Morgan fingerprint density at radius 2 is 1.37 bits per heavy atom. The first kappa shape index (κ1) is 38.0. The Bertz CT molecular complexity index is 2430. The first-order valence-corrected chi connectivity index (χ1v) is 19.5. The van der Waals surface area contributed by atoms with Crippen LogP contribution in [0, 0.1) is 0 Å². The van der Waals surface area contributed by atoms with Gasteiger partial charge >= 0.3 is 12.3 Å². The fraction of sp³-hybridized carbons (Fsp3) is 0.298. The number of aromatic amines is 1. The number of rotatable bonds is 7. The van der Waals surface area contributed by atoms with Crippen LogP contribution in [0.2, 0.25) is 0 Å². The molecule has 0 bridgehead atoms. The number of hydrogen-bond acceptors (Lipinski definition) is 4. The van der Waals surface area contributed by atoms with Gasteiger partial charge in [0.05, 0.1) is 17.5 Å². The van der Waals surface area contributed by atoms with E-state index in [1.807, 2.05) is 71.5 Å². The number of nitrogens with one attached hydrogen (secondary N) is 1. The molecule has 1 aliphatic heterocycles. The van der Waals surface area contributed by atoms with E-state index in [0.29, 0.717) is 37.1 Å². The normalized spacial score (nSPS) is 14.5. The summed E-state index contributed by atoms with van der Waals surface area (Å²) in [6.07, 6.45) is -0.637. The summed E-state index contributed by atoms with van der Waals surface area (Å²) in [5.74, 6) is -0.418. The number of hydrogen-bond donors (Lipinski definition) is 1. The van der Waals surface area contributed by atoms with E-state index in [1.54, 1.807) is 37.9 Å². The molecule has 1 amide bonds. The van der Waals surface area contributed by atoms with Crippen molar-refractivity contribution in [1.82, 2.24) is 24.6 Å². The summed E-state index contributed by atoms with van der Waals surface area (Å²) in [7, 11) is 0. The van der Waals surface area contributed by atoms with Crippen LogP contribution >= 0.6 is 0 Å². The van der Waals surface area contributed by atoms with Crippen molar-refractivity contribution in [2.45, 2.75) is 76.6 Å². The lowest BCUT2D eigenvalue weighted by molar-refractivity contribution is -0.138. The monoisotopic (exact) mass is 769 g/mol. The zero-order chi connectivity index (χ0) is 40.1. The second kappa shape index (κ2) is 14.6. The fourth-order valence-electron chi connectivity index (χ4n) is 8.67. The lowest BCUT2D eigenvalue weighted by atomic mass is 9.77. The van der Waals surface area contributed by atoms with E-state index in [0.717, 1.165) is 44.3 Å². The average molecular weight is 770 g/mol. The van der Waals surface area contributed by atoms with E-state index in [4.69, 9.17) is 14.8 Å². The molecule has 0 radical (unpaired) electrons. The van der Waals surface area contributed by atoms with Gasteiger partial charge in [-0.1, -0.05) is 105 Å². The van der Waals surface area contributed by atoms with Crippen LogP contribution in [0.5, 0.6) is 0 Å². The molecule has 1 N–H and O–H groups in total. The van der Waals surface area contributed by atoms with E-state index in [9.17, 15) is 18.0 Å². The van der Waals surface area contributed by atoms with Gasteiger partial charge in [0.25, 0.3) is 0 Å². The number of H-pyrrole nitrogens is 1. The average Bonchev–Trinajstić information content (AvgIpc) is 3.80. The molecule has 10 heteroatoms. The van der Waals surface area contributed by atoms with Gasteiger partial charge in [-0.25, -0.2) is 14.5 Å². The van der Waals surface area contributed by atoms with Crippen LogP contribution in [0.3, 0.4) is 0 Å². The van der Waals surface area contributed by atoms with Crippen molar-refractivity contribution in [2.24, 2.45) is 0 Å². The van der Waals surface area contributed by atoms with Gasteiger partial charge in [-0.15, -0.1) is 0 Å². The Morgan fingerprint density at radius 3 is 1.88 bits per heavy atom. The molecule has 0 saturated carbocycles. The van der Waals surface area contributed by atoms with Crippen molar-refractivity contribution in [3.63, 3.8) is 0 Å². The third-order valence-corrected chi connectivity index (χ3v) is 11.1. The number of nitrogens with zero attached hydrogens (tertiary/aromatic N) is 4. The minimum atomic E-state index is -4.57. The van der Waals surface area contributed by atoms with Crippen LogP contribution in [0.25, 0.3) is 33.2 Å². The number of alkyl halides is 3. The number of ether oxygens (including phenoxy) is 1. The number of amides is 1. The second-order valence-corrected chi connectivity index (χ2v) is 16.3. The van der Waals surface area contributed by atoms with Crippen LogP contribution in [0.1, 0.15) is 92.7 Å². The number of benzene rings is 4. The van der Waals surface area contributed by atoms with Gasteiger partial charge in [-0.3, -0.25) is 0 Å². The summed E-state index contributed by atoms with van der Waals surface area (Å²) in [6, 6.07) is 35.6. The summed E-state index contributed by atoms with van der Waals surface area (Å²) in [6.45, 7) is 10.2. The molecule has 4 aromatic carbocycles. The predicted octanol–water partition coefficient (Wildman–Crippen LogP) is 11.7. The van der Waals surface area contributed by atoms with Gasteiger partial charge in [0.2, 0.25) is 0 Å². The first-order chi connectivity index (χ1) is 27.3. The molecular formula is C47H46F3N5O2. The topological polar surface area (TPSA) is 76.0 Å². The van der Waals surface area contributed by atoms with Gasteiger partial charge < -0.3 is 14.6 Å².